The number of hydrogen-bond donors (Lipinski definition) is 0. The van der Waals surface area contributed by atoms with E-state index in [1.54, 1.807) is 19.2 Å². The highest BCUT2D eigenvalue weighted by Crippen LogP contribution is 2.40. The number of ether oxygens (including phenoxy) is 3. The molecule has 0 saturated carbocycles. The van der Waals surface area contributed by atoms with Crippen LogP contribution in [0.15, 0.2) is 12.1 Å². The molecule has 0 radical (unpaired) electrons. The summed E-state index contributed by atoms with van der Waals surface area (Å²) < 4.78 is 39.1. The fourth-order valence-electron chi connectivity index (χ4n) is 2.87. The van der Waals surface area contributed by atoms with Crippen LogP contribution in [0.1, 0.15) is 12.0 Å². The minimum Gasteiger partial charge on any atom is -0.493 e. The summed E-state index contributed by atoms with van der Waals surface area (Å²) in [6.45, 7) is 0. The highest BCUT2D eigenvalue weighted by Gasteiger charge is 2.33. The van der Waals surface area contributed by atoms with E-state index in [-0.39, 0.29) is 29.9 Å². The smallest absolute Gasteiger partial charge is 0.227 e. The van der Waals surface area contributed by atoms with Crippen molar-refractivity contribution < 1.29 is 27.4 Å². The molecule has 24 heavy (non-hydrogen) atoms. The van der Waals surface area contributed by atoms with Gasteiger partial charge < -0.3 is 19.1 Å². The van der Waals surface area contributed by atoms with Gasteiger partial charge >= 0.3 is 0 Å². The highest BCUT2D eigenvalue weighted by atomic mass is 32.2. The molecule has 1 atom stereocenters. The first kappa shape index (κ1) is 18.4. The maximum absolute atomic E-state index is 12.5. The summed E-state index contributed by atoms with van der Waals surface area (Å²) in [6, 6.07) is 3.19. The lowest BCUT2D eigenvalue weighted by atomic mass is 10.1. The van der Waals surface area contributed by atoms with Gasteiger partial charge in [-0.1, -0.05) is 6.07 Å². The first-order chi connectivity index (χ1) is 11.3. The monoisotopic (exact) mass is 357 g/mol. The molecule has 134 valence electrons. The average molecular weight is 357 g/mol. The molecule has 1 aliphatic heterocycles. The molecule has 1 fully saturated rings. The minimum absolute atomic E-state index is 0.0261. The largest absolute Gasteiger partial charge is 0.493 e. The fraction of sp³-hybridized carbons (Fsp3) is 0.562. The van der Waals surface area contributed by atoms with Crippen molar-refractivity contribution in [2.45, 2.75) is 18.9 Å². The molecule has 7 nitrogen and oxygen atoms in total. The normalized spacial score (nSPS) is 18.9. The molecule has 0 aromatic heterocycles. The van der Waals surface area contributed by atoms with Crippen molar-refractivity contribution in [3.05, 3.63) is 17.7 Å². The highest BCUT2D eigenvalue weighted by molar-refractivity contribution is 7.91. The molecule has 0 bridgehead atoms. The predicted molar refractivity (Wildman–Crippen MR) is 89.6 cm³/mol. The Balaban J connectivity index is 2.20. The van der Waals surface area contributed by atoms with E-state index in [0.29, 0.717) is 29.2 Å². The Kier molecular flexibility index (Phi) is 5.58. The number of sulfone groups is 1. The second-order valence-electron chi connectivity index (χ2n) is 5.73. The number of nitrogens with zero attached hydrogens (tertiary/aromatic N) is 1. The van der Waals surface area contributed by atoms with Crippen molar-refractivity contribution in [1.29, 1.82) is 0 Å². The fourth-order valence-corrected chi connectivity index (χ4v) is 4.65. The summed E-state index contributed by atoms with van der Waals surface area (Å²) >= 11 is 0. The van der Waals surface area contributed by atoms with E-state index in [1.807, 2.05) is 0 Å². The van der Waals surface area contributed by atoms with Gasteiger partial charge in [-0.05, 0) is 12.5 Å². The number of methoxy groups -OCH3 is 3. The topological polar surface area (TPSA) is 82.1 Å². The van der Waals surface area contributed by atoms with E-state index in [4.69, 9.17) is 14.2 Å². The molecule has 0 aliphatic carbocycles. The molecular formula is C16H23NO6S. The molecule has 1 aliphatic rings. The van der Waals surface area contributed by atoms with Crippen LogP contribution in [-0.4, -0.2) is 65.1 Å². The first-order valence-corrected chi connectivity index (χ1v) is 9.39. The van der Waals surface area contributed by atoms with Gasteiger partial charge in [0.2, 0.25) is 11.7 Å². The van der Waals surface area contributed by atoms with E-state index < -0.39 is 9.84 Å². The molecule has 1 heterocycles. The van der Waals surface area contributed by atoms with Crippen molar-refractivity contribution in [3.8, 4) is 17.2 Å². The van der Waals surface area contributed by atoms with E-state index in [0.717, 1.165) is 0 Å². The van der Waals surface area contributed by atoms with Crippen LogP contribution >= 0.6 is 0 Å². The summed E-state index contributed by atoms with van der Waals surface area (Å²) in [5.74, 6) is 1.38. The summed E-state index contributed by atoms with van der Waals surface area (Å²) in [4.78, 5) is 14.1. The van der Waals surface area contributed by atoms with Crippen molar-refractivity contribution in [2.75, 3.05) is 39.9 Å². The molecule has 1 aromatic carbocycles. The van der Waals surface area contributed by atoms with E-state index in [9.17, 15) is 13.2 Å². The second kappa shape index (κ2) is 7.29. The van der Waals surface area contributed by atoms with Crippen LogP contribution in [0.5, 0.6) is 17.2 Å². The zero-order valence-corrected chi connectivity index (χ0v) is 15.2. The standard InChI is InChI=1S/C16H23NO6S/c1-17(12-7-8-24(19,20)10-12)14(18)9-11-5-6-13(21-2)16(23-4)15(11)22-3/h5-6,12H,7-10H2,1-4H3/t12-/m0/s1. The third-order valence-corrected chi connectivity index (χ3v) is 6.03. The summed E-state index contributed by atoms with van der Waals surface area (Å²) in [5, 5.41) is 0. The molecule has 8 heteroatoms. The van der Waals surface area contributed by atoms with Crippen LogP contribution in [0.25, 0.3) is 0 Å². The van der Waals surface area contributed by atoms with Crippen LogP contribution in [-0.2, 0) is 21.1 Å². The predicted octanol–water partition coefficient (Wildman–Crippen LogP) is 0.900. The van der Waals surface area contributed by atoms with Crippen LogP contribution in [0.4, 0.5) is 0 Å². The lowest BCUT2D eigenvalue weighted by Crippen LogP contribution is -2.38. The van der Waals surface area contributed by atoms with Gasteiger partial charge in [-0.15, -0.1) is 0 Å². The molecule has 1 aromatic rings. The number of carbonyl (C=O) groups is 1. The van der Waals surface area contributed by atoms with Crippen LogP contribution in [0.3, 0.4) is 0 Å². The maximum Gasteiger partial charge on any atom is 0.227 e. The van der Waals surface area contributed by atoms with Gasteiger partial charge in [0.1, 0.15) is 0 Å². The van der Waals surface area contributed by atoms with Crippen LogP contribution in [0.2, 0.25) is 0 Å². The number of carbonyl (C=O) groups excluding carboxylic acids is 1. The average Bonchev–Trinajstić information content (AvgIpc) is 2.93. The Labute approximate surface area is 142 Å². The molecule has 2 rings (SSSR count). The first-order valence-electron chi connectivity index (χ1n) is 7.57. The van der Waals surface area contributed by atoms with Crippen LogP contribution < -0.4 is 14.2 Å². The molecule has 0 N–H and O–H groups in total. The van der Waals surface area contributed by atoms with Crippen molar-refractivity contribution in [2.24, 2.45) is 0 Å². The van der Waals surface area contributed by atoms with Gasteiger partial charge in [0, 0.05) is 18.7 Å². The molecule has 0 unspecified atom stereocenters. The maximum atomic E-state index is 12.5. The van der Waals surface area contributed by atoms with E-state index in [2.05, 4.69) is 0 Å². The van der Waals surface area contributed by atoms with Crippen molar-refractivity contribution >= 4 is 15.7 Å². The van der Waals surface area contributed by atoms with E-state index >= 15 is 0 Å². The van der Waals surface area contributed by atoms with Gasteiger partial charge in [-0.2, -0.15) is 0 Å². The summed E-state index contributed by atoms with van der Waals surface area (Å²) in [6.07, 6.45) is 0.574. The molecule has 0 spiro atoms. The lowest BCUT2D eigenvalue weighted by molar-refractivity contribution is -0.130. The zero-order valence-electron chi connectivity index (χ0n) is 14.4. The summed E-state index contributed by atoms with van der Waals surface area (Å²) in [7, 11) is 3.13. The quantitative estimate of drug-likeness (QED) is 0.752. The Morgan fingerprint density at radius 2 is 1.83 bits per heavy atom. The third-order valence-electron chi connectivity index (χ3n) is 4.28. The number of amides is 1. The number of hydrogen-bond acceptors (Lipinski definition) is 6. The van der Waals surface area contributed by atoms with Gasteiger partial charge in [0.25, 0.3) is 0 Å². The number of benzene rings is 1. The Hall–Kier alpha value is -1.96. The molecule has 1 amide bonds. The molecule has 1 saturated heterocycles. The Morgan fingerprint density at radius 3 is 2.33 bits per heavy atom. The third kappa shape index (κ3) is 3.75. The lowest BCUT2D eigenvalue weighted by Gasteiger charge is -2.24. The zero-order chi connectivity index (χ0) is 17.9. The Morgan fingerprint density at radius 1 is 1.17 bits per heavy atom. The summed E-state index contributed by atoms with van der Waals surface area (Å²) in [5.41, 5.74) is 0.660. The Bertz CT molecular complexity index is 716. The minimum atomic E-state index is -3.03. The van der Waals surface area contributed by atoms with Crippen molar-refractivity contribution in [1.82, 2.24) is 4.90 Å². The number of likely N-dealkylation sites (N-methyl/N-ethyl adjacent to an activating group) is 1. The van der Waals surface area contributed by atoms with Gasteiger partial charge in [0.05, 0.1) is 39.3 Å². The van der Waals surface area contributed by atoms with Crippen LogP contribution in [0, 0.1) is 0 Å². The molecular weight excluding hydrogens is 334 g/mol. The van der Waals surface area contributed by atoms with Gasteiger partial charge in [-0.25, -0.2) is 8.42 Å². The number of rotatable bonds is 6. The van der Waals surface area contributed by atoms with Crippen molar-refractivity contribution in [3.63, 3.8) is 0 Å². The van der Waals surface area contributed by atoms with E-state index in [1.165, 1.54) is 26.2 Å². The van der Waals surface area contributed by atoms with Gasteiger partial charge in [-0.3, -0.25) is 4.79 Å². The SMILES string of the molecule is COc1ccc(CC(=O)N(C)[C@H]2CCS(=O)(=O)C2)c(OC)c1OC. The second-order valence-corrected chi connectivity index (χ2v) is 7.96. The van der Waals surface area contributed by atoms with Gasteiger partial charge in [0.15, 0.2) is 21.3 Å².